The lowest BCUT2D eigenvalue weighted by Crippen LogP contribution is -2.21. The van der Waals surface area contributed by atoms with Crippen LogP contribution in [0.5, 0.6) is 5.75 Å². The number of ether oxygens (including phenoxy) is 1. The Hall–Kier alpha value is -2.86. The maximum Gasteiger partial charge on any atom is 0.346 e. The molecule has 0 unspecified atom stereocenters. The minimum absolute atomic E-state index is 0.0521. The van der Waals surface area contributed by atoms with Crippen LogP contribution >= 0.6 is 11.6 Å². The number of amides is 1. The predicted molar refractivity (Wildman–Crippen MR) is 88.3 cm³/mol. The number of hydrogen-bond acceptors (Lipinski definition) is 4. The van der Waals surface area contributed by atoms with E-state index in [1.54, 1.807) is 42.5 Å². The van der Waals surface area contributed by atoms with Gasteiger partial charge in [0.2, 0.25) is 0 Å². The molecule has 0 saturated carbocycles. The van der Waals surface area contributed by atoms with Crippen LogP contribution < -0.4 is 15.7 Å². The second-order valence-electron chi connectivity index (χ2n) is 4.74. The molecule has 3 rings (SSSR count). The number of para-hydroxylation sites is 1. The molecule has 116 valence electrons. The van der Waals surface area contributed by atoms with Gasteiger partial charge < -0.3 is 15.0 Å². The molecule has 0 radical (unpaired) electrons. The van der Waals surface area contributed by atoms with E-state index in [1.807, 2.05) is 0 Å². The summed E-state index contributed by atoms with van der Waals surface area (Å²) in [7, 11) is 1.51. The number of fused-ring (bicyclic) bond motifs is 1. The number of methoxy groups -OCH3 is 1. The maximum atomic E-state index is 12.4. The highest BCUT2D eigenvalue weighted by atomic mass is 35.5. The Morgan fingerprint density at radius 3 is 2.78 bits per heavy atom. The summed E-state index contributed by atoms with van der Waals surface area (Å²) in [5, 5.41) is 3.60. The van der Waals surface area contributed by atoms with Crippen LogP contribution in [0.3, 0.4) is 0 Å². The molecule has 0 atom stereocenters. The third kappa shape index (κ3) is 3.02. The molecule has 6 nitrogen and oxygen atoms in total. The Kier molecular flexibility index (Phi) is 3.99. The zero-order chi connectivity index (χ0) is 16.4. The number of aromatic nitrogens is 2. The summed E-state index contributed by atoms with van der Waals surface area (Å²) in [5.41, 5.74) is 0.496. The summed E-state index contributed by atoms with van der Waals surface area (Å²) in [6.07, 6.45) is 0. The first-order chi connectivity index (χ1) is 11.1. The lowest BCUT2D eigenvalue weighted by Gasteiger charge is -2.09. The van der Waals surface area contributed by atoms with Gasteiger partial charge in [0.25, 0.3) is 5.91 Å². The van der Waals surface area contributed by atoms with Crippen molar-refractivity contribution in [2.45, 2.75) is 0 Å². The number of carbonyl (C=O) groups is 1. The van der Waals surface area contributed by atoms with Crippen LogP contribution in [-0.4, -0.2) is 23.0 Å². The molecule has 23 heavy (non-hydrogen) atoms. The average Bonchev–Trinajstić information content (AvgIpc) is 2.54. The maximum absolute atomic E-state index is 12.4. The fourth-order valence-electron chi connectivity index (χ4n) is 2.21. The molecule has 0 aliphatic heterocycles. The number of benzene rings is 2. The predicted octanol–water partition coefficient (Wildman–Crippen LogP) is 2.84. The number of halogens is 1. The van der Waals surface area contributed by atoms with Crippen LogP contribution in [0.4, 0.5) is 5.69 Å². The van der Waals surface area contributed by atoms with Crippen molar-refractivity contribution in [2.75, 3.05) is 12.4 Å². The van der Waals surface area contributed by atoms with Crippen LogP contribution in [0.15, 0.2) is 47.3 Å². The van der Waals surface area contributed by atoms with Crippen LogP contribution in [0.2, 0.25) is 5.02 Å². The SMILES string of the molecule is COc1ccc(NC(=O)c2nc(=O)[nH]c3ccccc23)cc1Cl. The molecule has 2 N–H and O–H groups in total. The molecule has 0 saturated heterocycles. The normalized spacial score (nSPS) is 10.5. The summed E-state index contributed by atoms with van der Waals surface area (Å²) >= 11 is 6.03. The van der Waals surface area contributed by atoms with Gasteiger partial charge in [0.1, 0.15) is 11.4 Å². The molecule has 1 heterocycles. The van der Waals surface area contributed by atoms with Gasteiger partial charge in [-0.15, -0.1) is 0 Å². The van der Waals surface area contributed by atoms with E-state index in [2.05, 4.69) is 15.3 Å². The van der Waals surface area contributed by atoms with Gasteiger partial charge in [-0.25, -0.2) is 4.79 Å². The van der Waals surface area contributed by atoms with E-state index in [1.165, 1.54) is 7.11 Å². The first-order valence-electron chi connectivity index (χ1n) is 6.72. The van der Waals surface area contributed by atoms with Crippen LogP contribution in [-0.2, 0) is 0 Å². The number of rotatable bonds is 3. The van der Waals surface area contributed by atoms with Gasteiger partial charge in [0.15, 0.2) is 0 Å². The molecule has 0 fully saturated rings. The molecule has 1 aromatic heterocycles. The second kappa shape index (κ2) is 6.10. The van der Waals surface area contributed by atoms with Crippen molar-refractivity contribution in [3.8, 4) is 5.75 Å². The van der Waals surface area contributed by atoms with E-state index in [9.17, 15) is 9.59 Å². The third-order valence-electron chi connectivity index (χ3n) is 3.26. The summed E-state index contributed by atoms with van der Waals surface area (Å²) in [6, 6.07) is 11.8. The van der Waals surface area contributed by atoms with E-state index < -0.39 is 11.6 Å². The molecule has 3 aromatic rings. The first-order valence-corrected chi connectivity index (χ1v) is 7.10. The zero-order valence-corrected chi connectivity index (χ0v) is 12.8. The monoisotopic (exact) mass is 329 g/mol. The number of anilines is 1. The topological polar surface area (TPSA) is 84.1 Å². The van der Waals surface area contributed by atoms with Crippen LogP contribution in [0.1, 0.15) is 10.5 Å². The van der Waals surface area contributed by atoms with Crippen molar-refractivity contribution >= 4 is 34.1 Å². The number of aromatic amines is 1. The molecule has 0 aliphatic carbocycles. The first kappa shape index (κ1) is 15.1. The third-order valence-corrected chi connectivity index (χ3v) is 3.56. The van der Waals surface area contributed by atoms with E-state index in [4.69, 9.17) is 16.3 Å². The molecule has 7 heteroatoms. The highest BCUT2D eigenvalue weighted by Crippen LogP contribution is 2.27. The number of H-pyrrole nitrogens is 1. The van der Waals surface area contributed by atoms with E-state index in [-0.39, 0.29) is 5.69 Å². The number of hydrogen-bond donors (Lipinski definition) is 2. The largest absolute Gasteiger partial charge is 0.495 e. The van der Waals surface area contributed by atoms with Gasteiger partial charge in [-0.1, -0.05) is 29.8 Å². The van der Waals surface area contributed by atoms with Crippen LogP contribution in [0.25, 0.3) is 10.9 Å². The van der Waals surface area contributed by atoms with Crippen molar-refractivity contribution < 1.29 is 9.53 Å². The standard InChI is InChI=1S/C16H12ClN3O3/c1-23-13-7-6-9(8-11(13)17)18-15(21)14-10-4-2-3-5-12(10)19-16(22)20-14/h2-8H,1H3,(H,18,21)(H,19,20,22). The lowest BCUT2D eigenvalue weighted by molar-refractivity contribution is 0.102. The number of nitrogens with one attached hydrogen (secondary N) is 2. The number of nitrogens with zero attached hydrogens (tertiary/aromatic N) is 1. The quantitative estimate of drug-likeness (QED) is 0.774. The fourth-order valence-corrected chi connectivity index (χ4v) is 2.47. The summed E-state index contributed by atoms with van der Waals surface area (Å²) < 4.78 is 5.06. The Labute approximate surface area is 136 Å². The second-order valence-corrected chi connectivity index (χ2v) is 5.15. The highest BCUT2D eigenvalue weighted by molar-refractivity contribution is 6.32. The van der Waals surface area contributed by atoms with Gasteiger partial charge in [0.05, 0.1) is 17.6 Å². The number of carbonyl (C=O) groups excluding carboxylic acids is 1. The van der Waals surface area contributed by atoms with E-state index in [0.29, 0.717) is 27.4 Å². The van der Waals surface area contributed by atoms with Crippen molar-refractivity contribution in [3.63, 3.8) is 0 Å². The van der Waals surface area contributed by atoms with Gasteiger partial charge in [-0.2, -0.15) is 4.98 Å². The van der Waals surface area contributed by atoms with Crippen molar-refractivity contribution in [1.29, 1.82) is 0 Å². The smallest absolute Gasteiger partial charge is 0.346 e. The summed E-state index contributed by atoms with van der Waals surface area (Å²) in [4.78, 5) is 30.4. The minimum atomic E-state index is -0.582. The van der Waals surface area contributed by atoms with Crippen molar-refractivity contribution in [2.24, 2.45) is 0 Å². The lowest BCUT2D eigenvalue weighted by atomic mass is 10.1. The molecular formula is C16H12ClN3O3. The summed E-state index contributed by atoms with van der Waals surface area (Å²) in [6.45, 7) is 0. The Bertz CT molecular complexity index is 953. The van der Waals surface area contributed by atoms with Crippen molar-refractivity contribution in [1.82, 2.24) is 9.97 Å². The molecule has 0 aliphatic rings. The van der Waals surface area contributed by atoms with E-state index >= 15 is 0 Å². The average molecular weight is 330 g/mol. The molecular weight excluding hydrogens is 318 g/mol. The van der Waals surface area contributed by atoms with Gasteiger partial charge in [0, 0.05) is 11.1 Å². The molecule has 2 aromatic carbocycles. The summed E-state index contributed by atoms with van der Waals surface area (Å²) in [5.74, 6) is 0.0120. The Morgan fingerprint density at radius 1 is 1.26 bits per heavy atom. The highest BCUT2D eigenvalue weighted by Gasteiger charge is 2.14. The Morgan fingerprint density at radius 2 is 2.04 bits per heavy atom. The molecule has 1 amide bonds. The minimum Gasteiger partial charge on any atom is -0.495 e. The van der Waals surface area contributed by atoms with Gasteiger partial charge in [-0.05, 0) is 24.3 Å². The van der Waals surface area contributed by atoms with Gasteiger partial charge >= 0.3 is 5.69 Å². The molecule has 0 spiro atoms. The Balaban J connectivity index is 1.98. The molecule has 0 bridgehead atoms. The van der Waals surface area contributed by atoms with E-state index in [0.717, 1.165) is 0 Å². The van der Waals surface area contributed by atoms with Crippen LogP contribution in [0, 0.1) is 0 Å². The fraction of sp³-hybridized carbons (Fsp3) is 0.0625. The van der Waals surface area contributed by atoms with Gasteiger partial charge in [-0.3, -0.25) is 4.79 Å². The zero-order valence-electron chi connectivity index (χ0n) is 12.1. The van der Waals surface area contributed by atoms with Crippen molar-refractivity contribution in [3.05, 3.63) is 63.7 Å².